The summed E-state index contributed by atoms with van der Waals surface area (Å²) in [4.78, 5) is 0. The third-order valence-electron chi connectivity index (χ3n) is 3.47. The quantitative estimate of drug-likeness (QED) is 0.940. The number of anilines is 1. The lowest BCUT2D eigenvalue weighted by Gasteiger charge is -2.28. The minimum Gasteiger partial charge on any atom is -0.493 e. The van der Waals surface area contributed by atoms with Gasteiger partial charge in [0.2, 0.25) is 0 Å². The molecule has 0 spiro atoms. The van der Waals surface area contributed by atoms with E-state index in [9.17, 15) is 4.39 Å². The van der Waals surface area contributed by atoms with Gasteiger partial charge in [-0.3, -0.25) is 0 Å². The SMILES string of the molecule is COc1ccc(C2CNc3cc(F)ccc3O2)cc1OC. The summed E-state index contributed by atoms with van der Waals surface area (Å²) in [6.07, 6.45) is -0.164. The van der Waals surface area contributed by atoms with Crippen LogP contribution in [0.25, 0.3) is 0 Å². The van der Waals surface area contributed by atoms with Crippen LogP contribution < -0.4 is 19.5 Å². The summed E-state index contributed by atoms with van der Waals surface area (Å²) in [7, 11) is 3.20. The van der Waals surface area contributed by atoms with Crippen molar-refractivity contribution in [3.8, 4) is 17.2 Å². The van der Waals surface area contributed by atoms with Crippen molar-refractivity contribution < 1.29 is 18.6 Å². The second-order valence-corrected chi connectivity index (χ2v) is 4.74. The van der Waals surface area contributed by atoms with Crippen LogP contribution in [0, 0.1) is 5.82 Å². The van der Waals surface area contributed by atoms with Crippen molar-refractivity contribution in [3.05, 3.63) is 47.8 Å². The van der Waals surface area contributed by atoms with E-state index in [1.807, 2.05) is 18.2 Å². The molecule has 0 amide bonds. The maximum absolute atomic E-state index is 13.2. The Hall–Kier alpha value is -2.43. The van der Waals surface area contributed by atoms with Crippen LogP contribution >= 0.6 is 0 Å². The molecule has 1 heterocycles. The molecule has 0 radical (unpaired) electrons. The van der Waals surface area contributed by atoms with Crippen LogP contribution in [0.4, 0.5) is 10.1 Å². The van der Waals surface area contributed by atoms with Gasteiger partial charge in [0, 0.05) is 6.07 Å². The fourth-order valence-corrected chi connectivity index (χ4v) is 2.38. The highest BCUT2D eigenvalue weighted by Crippen LogP contribution is 2.37. The van der Waals surface area contributed by atoms with E-state index in [-0.39, 0.29) is 11.9 Å². The molecule has 5 heteroatoms. The van der Waals surface area contributed by atoms with E-state index < -0.39 is 0 Å². The molecule has 0 aliphatic carbocycles. The molecule has 0 saturated heterocycles. The Kier molecular flexibility index (Phi) is 3.56. The van der Waals surface area contributed by atoms with Crippen molar-refractivity contribution in [2.45, 2.75) is 6.10 Å². The topological polar surface area (TPSA) is 39.7 Å². The van der Waals surface area contributed by atoms with E-state index in [1.54, 1.807) is 20.3 Å². The molecule has 0 bridgehead atoms. The summed E-state index contributed by atoms with van der Waals surface area (Å²) in [5, 5.41) is 3.18. The number of hydrogen-bond acceptors (Lipinski definition) is 4. The zero-order valence-electron chi connectivity index (χ0n) is 11.9. The third kappa shape index (κ3) is 2.59. The van der Waals surface area contributed by atoms with Crippen LogP contribution in [0.2, 0.25) is 0 Å². The molecule has 4 nitrogen and oxygen atoms in total. The zero-order valence-corrected chi connectivity index (χ0v) is 11.9. The highest BCUT2D eigenvalue weighted by molar-refractivity contribution is 5.58. The van der Waals surface area contributed by atoms with Crippen LogP contribution in [-0.2, 0) is 0 Å². The van der Waals surface area contributed by atoms with E-state index in [0.29, 0.717) is 29.5 Å². The minimum atomic E-state index is -0.283. The number of nitrogens with one attached hydrogen (secondary N) is 1. The van der Waals surface area contributed by atoms with E-state index in [0.717, 1.165) is 5.56 Å². The van der Waals surface area contributed by atoms with E-state index in [1.165, 1.54) is 12.1 Å². The lowest BCUT2D eigenvalue weighted by molar-refractivity contribution is 0.209. The largest absolute Gasteiger partial charge is 0.493 e. The van der Waals surface area contributed by atoms with Gasteiger partial charge >= 0.3 is 0 Å². The van der Waals surface area contributed by atoms with Crippen molar-refractivity contribution in [2.75, 3.05) is 26.1 Å². The van der Waals surface area contributed by atoms with E-state index >= 15 is 0 Å². The molecule has 3 rings (SSSR count). The van der Waals surface area contributed by atoms with Gasteiger partial charge in [0.1, 0.15) is 17.7 Å². The number of hydrogen-bond donors (Lipinski definition) is 1. The second kappa shape index (κ2) is 5.52. The smallest absolute Gasteiger partial charge is 0.161 e. The van der Waals surface area contributed by atoms with Crippen LogP contribution in [0.5, 0.6) is 17.2 Å². The molecule has 1 N–H and O–H groups in total. The number of methoxy groups -OCH3 is 2. The van der Waals surface area contributed by atoms with Gasteiger partial charge in [-0.15, -0.1) is 0 Å². The lowest BCUT2D eigenvalue weighted by Crippen LogP contribution is -2.23. The predicted octanol–water partition coefficient (Wildman–Crippen LogP) is 3.39. The second-order valence-electron chi connectivity index (χ2n) is 4.74. The zero-order chi connectivity index (χ0) is 14.8. The van der Waals surface area contributed by atoms with E-state index in [4.69, 9.17) is 14.2 Å². The van der Waals surface area contributed by atoms with Gasteiger partial charge in [-0.05, 0) is 29.8 Å². The fraction of sp³-hybridized carbons (Fsp3) is 0.250. The first-order chi connectivity index (χ1) is 10.2. The van der Waals surface area contributed by atoms with Crippen molar-refractivity contribution in [2.24, 2.45) is 0 Å². The monoisotopic (exact) mass is 289 g/mol. The maximum Gasteiger partial charge on any atom is 0.161 e. The Morgan fingerprint density at radius 1 is 1.10 bits per heavy atom. The third-order valence-corrected chi connectivity index (χ3v) is 3.47. The van der Waals surface area contributed by atoms with Gasteiger partial charge in [0.05, 0.1) is 26.5 Å². The molecular weight excluding hydrogens is 273 g/mol. The van der Waals surface area contributed by atoms with Crippen LogP contribution in [0.15, 0.2) is 36.4 Å². The standard InChI is InChI=1S/C16H16FNO3/c1-19-14-5-3-10(7-15(14)20-2)16-9-18-12-8-11(17)4-6-13(12)21-16/h3-8,16,18H,9H2,1-2H3. The Morgan fingerprint density at radius 3 is 2.67 bits per heavy atom. The minimum absolute atomic E-state index is 0.164. The van der Waals surface area contributed by atoms with Gasteiger partial charge in [-0.2, -0.15) is 0 Å². The molecule has 2 aromatic rings. The Morgan fingerprint density at radius 2 is 1.90 bits per heavy atom. The first-order valence-corrected chi connectivity index (χ1v) is 6.63. The first-order valence-electron chi connectivity index (χ1n) is 6.63. The first kappa shape index (κ1) is 13.5. The molecule has 0 fully saturated rings. The Labute approximate surface area is 122 Å². The lowest BCUT2D eigenvalue weighted by atomic mass is 10.1. The molecule has 0 saturated carbocycles. The molecule has 21 heavy (non-hydrogen) atoms. The van der Waals surface area contributed by atoms with Crippen LogP contribution in [0.1, 0.15) is 11.7 Å². The fourth-order valence-electron chi connectivity index (χ4n) is 2.38. The number of halogens is 1. The van der Waals surface area contributed by atoms with Crippen LogP contribution in [-0.4, -0.2) is 20.8 Å². The normalized spacial score (nSPS) is 16.4. The molecule has 1 aliphatic rings. The average molecular weight is 289 g/mol. The molecule has 0 aromatic heterocycles. The van der Waals surface area contributed by atoms with Crippen molar-refractivity contribution in [3.63, 3.8) is 0 Å². The summed E-state index contributed by atoms with van der Waals surface area (Å²) >= 11 is 0. The molecule has 1 unspecified atom stereocenters. The van der Waals surface area contributed by atoms with Crippen LogP contribution in [0.3, 0.4) is 0 Å². The van der Waals surface area contributed by atoms with Gasteiger partial charge in [-0.1, -0.05) is 6.07 Å². The highest BCUT2D eigenvalue weighted by atomic mass is 19.1. The summed E-state index contributed by atoms with van der Waals surface area (Å²) in [5.41, 5.74) is 1.64. The summed E-state index contributed by atoms with van der Waals surface area (Å²) in [6, 6.07) is 10.1. The van der Waals surface area contributed by atoms with Gasteiger partial charge in [0.25, 0.3) is 0 Å². The molecule has 110 valence electrons. The molecule has 2 aromatic carbocycles. The summed E-state index contributed by atoms with van der Waals surface area (Å²) in [6.45, 7) is 0.561. The van der Waals surface area contributed by atoms with E-state index in [2.05, 4.69) is 5.32 Å². The Bertz CT molecular complexity index is 660. The molecule has 1 atom stereocenters. The number of benzene rings is 2. The number of rotatable bonds is 3. The number of fused-ring (bicyclic) bond motifs is 1. The summed E-state index contributed by atoms with van der Waals surface area (Å²) < 4.78 is 29.6. The average Bonchev–Trinajstić information content (AvgIpc) is 2.53. The number of ether oxygens (including phenoxy) is 3. The predicted molar refractivity (Wildman–Crippen MR) is 77.8 cm³/mol. The Balaban J connectivity index is 1.87. The maximum atomic E-state index is 13.2. The van der Waals surface area contributed by atoms with Gasteiger partial charge < -0.3 is 19.5 Å². The molecule has 1 aliphatic heterocycles. The molecular formula is C16H16FNO3. The van der Waals surface area contributed by atoms with Crippen molar-refractivity contribution in [1.82, 2.24) is 0 Å². The van der Waals surface area contributed by atoms with Gasteiger partial charge in [0.15, 0.2) is 11.5 Å². The van der Waals surface area contributed by atoms with Crippen molar-refractivity contribution >= 4 is 5.69 Å². The highest BCUT2D eigenvalue weighted by Gasteiger charge is 2.22. The van der Waals surface area contributed by atoms with Gasteiger partial charge in [-0.25, -0.2) is 4.39 Å². The van der Waals surface area contributed by atoms with Crippen molar-refractivity contribution in [1.29, 1.82) is 0 Å². The summed E-state index contributed by atoms with van der Waals surface area (Å²) in [5.74, 6) is 1.69.